The number of carbonyl (C=O) groups is 1. The average Bonchev–Trinajstić information content (AvgIpc) is 2.95. The van der Waals surface area contributed by atoms with E-state index in [-0.39, 0.29) is 17.9 Å². The van der Waals surface area contributed by atoms with Crippen molar-refractivity contribution in [2.45, 2.75) is 46.1 Å². The number of hydrogen-bond acceptors (Lipinski definition) is 4. The van der Waals surface area contributed by atoms with Crippen molar-refractivity contribution in [3.63, 3.8) is 0 Å². The van der Waals surface area contributed by atoms with E-state index in [2.05, 4.69) is 43.1 Å². The zero-order valence-corrected chi connectivity index (χ0v) is 15.7. The molecule has 1 fully saturated rings. The molecule has 0 bridgehead atoms. The molecule has 136 valence electrons. The molecule has 1 aliphatic rings. The van der Waals surface area contributed by atoms with E-state index in [4.69, 9.17) is 4.52 Å². The number of piperidine rings is 1. The summed E-state index contributed by atoms with van der Waals surface area (Å²) < 4.78 is 5.28. The minimum Gasteiger partial charge on any atom is -0.356 e. The Bertz CT molecular complexity index is 727. The number of para-hydroxylation sites is 1. The van der Waals surface area contributed by atoms with Crippen LogP contribution in [0, 0.1) is 11.8 Å². The van der Waals surface area contributed by atoms with E-state index in [0.29, 0.717) is 24.1 Å². The Morgan fingerprint density at radius 3 is 2.68 bits per heavy atom. The van der Waals surface area contributed by atoms with Crippen LogP contribution in [0.3, 0.4) is 0 Å². The van der Waals surface area contributed by atoms with Gasteiger partial charge in [-0.25, -0.2) is 0 Å². The Morgan fingerprint density at radius 2 is 1.96 bits per heavy atom. The number of nitrogens with one attached hydrogen (secondary N) is 1. The fourth-order valence-corrected chi connectivity index (χ4v) is 3.86. The molecular formula is C20H29N3O2. The van der Waals surface area contributed by atoms with Gasteiger partial charge >= 0.3 is 0 Å². The summed E-state index contributed by atoms with van der Waals surface area (Å²) in [6.07, 6.45) is 1.54. The highest BCUT2D eigenvalue weighted by Gasteiger charge is 2.32. The molecule has 5 heteroatoms. The number of nitrogens with zero attached hydrogens (tertiary/aromatic N) is 2. The van der Waals surface area contributed by atoms with E-state index in [1.165, 1.54) is 6.42 Å². The second kappa shape index (κ2) is 7.16. The first-order valence-electron chi connectivity index (χ1n) is 9.20. The molecule has 0 aliphatic carbocycles. The summed E-state index contributed by atoms with van der Waals surface area (Å²) in [5.74, 6) is 1.41. The van der Waals surface area contributed by atoms with Gasteiger partial charge in [-0.2, -0.15) is 0 Å². The van der Waals surface area contributed by atoms with Crippen molar-refractivity contribution in [2.75, 3.05) is 19.6 Å². The Morgan fingerprint density at radius 1 is 1.28 bits per heavy atom. The highest BCUT2D eigenvalue weighted by Crippen LogP contribution is 2.27. The number of amides is 1. The second-order valence-corrected chi connectivity index (χ2v) is 8.24. The zero-order valence-electron chi connectivity index (χ0n) is 15.7. The van der Waals surface area contributed by atoms with Crippen molar-refractivity contribution in [1.29, 1.82) is 0 Å². The van der Waals surface area contributed by atoms with E-state index in [1.807, 2.05) is 24.3 Å². The first kappa shape index (κ1) is 17.9. The zero-order chi connectivity index (χ0) is 18.0. The predicted molar refractivity (Wildman–Crippen MR) is 99.3 cm³/mol. The molecule has 1 aliphatic heterocycles. The van der Waals surface area contributed by atoms with Gasteiger partial charge in [-0.1, -0.05) is 31.1 Å². The Labute approximate surface area is 149 Å². The van der Waals surface area contributed by atoms with Crippen molar-refractivity contribution in [3.8, 4) is 0 Å². The summed E-state index contributed by atoms with van der Waals surface area (Å²) in [6.45, 7) is 11.9. The normalized spacial score (nSPS) is 22.2. The standard InChI is InChI=1S/C20H29N3O2/c1-14-9-15(2)12-23(11-14)20(3,4)13-21-19(24)10-17-16-7-5-6-8-18(16)25-22-17/h5-8,14-15H,9-13H2,1-4H3,(H,21,24)/t14-,15-/m1/s1. The maximum absolute atomic E-state index is 12.4. The van der Waals surface area contributed by atoms with Crippen molar-refractivity contribution < 1.29 is 9.32 Å². The summed E-state index contributed by atoms with van der Waals surface area (Å²) in [6, 6.07) is 7.64. The van der Waals surface area contributed by atoms with E-state index in [1.54, 1.807) is 0 Å². The molecule has 1 saturated heterocycles. The van der Waals surface area contributed by atoms with Crippen LogP contribution in [0.2, 0.25) is 0 Å². The van der Waals surface area contributed by atoms with Crippen molar-refractivity contribution in [2.24, 2.45) is 11.8 Å². The Hall–Kier alpha value is -1.88. The van der Waals surface area contributed by atoms with Crippen LogP contribution in [0.25, 0.3) is 11.0 Å². The monoisotopic (exact) mass is 343 g/mol. The summed E-state index contributed by atoms with van der Waals surface area (Å²) >= 11 is 0. The maximum Gasteiger partial charge on any atom is 0.226 e. The van der Waals surface area contributed by atoms with Gasteiger partial charge in [0, 0.05) is 30.6 Å². The van der Waals surface area contributed by atoms with Crippen molar-refractivity contribution >= 4 is 16.9 Å². The lowest BCUT2D eigenvalue weighted by atomic mass is 9.88. The van der Waals surface area contributed by atoms with Gasteiger partial charge in [0.05, 0.1) is 6.42 Å². The van der Waals surface area contributed by atoms with E-state index in [9.17, 15) is 4.79 Å². The number of benzene rings is 1. The lowest BCUT2D eigenvalue weighted by Gasteiger charge is -2.45. The van der Waals surface area contributed by atoms with Gasteiger partial charge in [-0.05, 0) is 44.2 Å². The Balaban J connectivity index is 1.58. The van der Waals surface area contributed by atoms with Crippen LogP contribution in [0.15, 0.2) is 28.8 Å². The van der Waals surface area contributed by atoms with Crippen LogP contribution in [-0.2, 0) is 11.2 Å². The molecule has 1 aromatic carbocycles. The lowest BCUT2D eigenvalue weighted by Crippen LogP contribution is -2.56. The van der Waals surface area contributed by atoms with Gasteiger partial charge in [0.25, 0.3) is 0 Å². The fraction of sp³-hybridized carbons (Fsp3) is 0.600. The van der Waals surface area contributed by atoms with Gasteiger partial charge in [0.15, 0.2) is 5.58 Å². The minimum atomic E-state index is -0.0511. The van der Waals surface area contributed by atoms with Crippen LogP contribution in [0.1, 0.15) is 39.8 Å². The molecule has 1 amide bonds. The topological polar surface area (TPSA) is 58.4 Å². The van der Waals surface area contributed by atoms with E-state index < -0.39 is 0 Å². The van der Waals surface area contributed by atoms with Gasteiger partial charge < -0.3 is 9.84 Å². The molecule has 5 nitrogen and oxygen atoms in total. The summed E-state index contributed by atoms with van der Waals surface area (Å²) in [7, 11) is 0. The third-order valence-corrected chi connectivity index (χ3v) is 5.22. The molecule has 0 radical (unpaired) electrons. The molecule has 2 atom stereocenters. The average molecular weight is 343 g/mol. The van der Waals surface area contributed by atoms with Crippen LogP contribution >= 0.6 is 0 Å². The molecule has 3 rings (SSSR count). The first-order chi connectivity index (χ1) is 11.8. The third kappa shape index (κ3) is 4.21. The molecule has 0 unspecified atom stereocenters. The Kier molecular flexibility index (Phi) is 5.13. The second-order valence-electron chi connectivity index (χ2n) is 8.24. The molecule has 25 heavy (non-hydrogen) atoms. The lowest BCUT2D eigenvalue weighted by molar-refractivity contribution is -0.121. The van der Waals surface area contributed by atoms with Crippen molar-refractivity contribution in [1.82, 2.24) is 15.4 Å². The van der Waals surface area contributed by atoms with Crippen LogP contribution in [-0.4, -0.2) is 41.1 Å². The first-order valence-corrected chi connectivity index (χ1v) is 9.20. The van der Waals surface area contributed by atoms with Crippen LogP contribution in [0.5, 0.6) is 0 Å². The number of aromatic nitrogens is 1. The number of likely N-dealkylation sites (tertiary alicyclic amines) is 1. The summed E-state index contributed by atoms with van der Waals surface area (Å²) in [5, 5.41) is 8.05. The number of fused-ring (bicyclic) bond motifs is 1. The van der Waals surface area contributed by atoms with Gasteiger partial charge in [0.2, 0.25) is 5.91 Å². The molecule has 1 N–H and O–H groups in total. The highest BCUT2D eigenvalue weighted by atomic mass is 16.5. The van der Waals surface area contributed by atoms with Gasteiger partial charge in [-0.3, -0.25) is 9.69 Å². The molecular weight excluding hydrogens is 314 g/mol. The number of rotatable bonds is 5. The highest BCUT2D eigenvalue weighted by molar-refractivity contribution is 5.86. The van der Waals surface area contributed by atoms with Crippen LogP contribution < -0.4 is 5.32 Å². The molecule has 2 aromatic rings. The summed E-state index contributed by atoms with van der Waals surface area (Å²) in [5.41, 5.74) is 1.37. The smallest absolute Gasteiger partial charge is 0.226 e. The number of hydrogen-bond donors (Lipinski definition) is 1. The van der Waals surface area contributed by atoms with Gasteiger partial charge in [-0.15, -0.1) is 0 Å². The molecule has 2 heterocycles. The van der Waals surface area contributed by atoms with Gasteiger partial charge in [0.1, 0.15) is 5.69 Å². The molecule has 0 spiro atoms. The minimum absolute atomic E-state index is 0.00904. The SMILES string of the molecule is C[C@@H]1C[C@@H](C)CN(C(C)(C)CNC(=O)Cc2noc3ccccc23)C1. The fourth-order valence-electron chi connectivity index (χ4n) is 3.86. The predicted octanol–water partition coefficient (Wildman–Crippen LogP) is 3.24. The molecule has 0 saturated carbocycles. The quantitative estimate of drug-likeness (QED) is 0.905. The number of carbonyl (C=O) groups excluding carboxylic acids is 1. The molecule has 1 aromatic heterocycles. The largest absolute Gasteiger partial charge is 0.356 e. The van der Waals surface area contributed by atoms with E-state index >= 15 is 0 Å². The van der Waals surface area contributed by atoms with Crippen LogP contribution in [0.4, 0.5) is 0 Å². The summed E-state index contributed by atoms with van der Waals surface area (Å²) in [4.78, 5) is 14.9. The third-order valence-electron chi connectivity index (χ3n) is 5.22. The van der Waals surface area contributed by atoms with E-state index in [0.717, 1.165) is 24.1 Å². The maximum atomic E-state index is 12.4. The van der Waals surface area contributed by atoms with Crippen molar-refractivity contribution in [3.05, 3.63) is 30.0 Å².